The quantitative estimate of drug-likeness (QED) is 0.632. The molecule has 0 spiro atoms. The van der Waals surface area contributed by atoms with Crippen LogP contribution in [0.25, 0.3) is 0 Å². The Morgan fingerprint density at radius 2 is 1.85 bits per heavy atom. The second-order valence-electron chi connectivity index (χ2n) is 2.80. The number of allylic oxidation sites excluding steroid dienone is 6. The molecule has 70 valence electrons. The monoisotopic (exact) mass is 175 g/mol. The molecular formula is C12H17N. The molecule has 0 bridgehead atoms. The summed E-state index contributed by atoms with van der Waals surface area (Å²) < 4.78 is 0. The molecule has 0 rings (SSSR count). The average molecular weight is 175 g/mol. The lowest BCUT2D eigenvalue weighted by molar-refractivity contribution is 0.994. The fourth-order valence-electron chi connectivity index (χ4n) is 0.776. The summed E-state index contributed by atoms with van der Waals surface area (Å²) in [5.74, 6) is 0. The van der Waals surface area contributed by atoms with Gasteiger partial charge in [-0.05, 0) is 25.5 Å². The highest BCUT2D eigenvalue weighted by atomic mass is 14.9. The summed E-state index contributed by atoms with van der Waals surface area (Å²) in [5, 5.41) is 3.14. The smallest absolute Gasteiger partial charge is 0.0411 e. The summed E-state index contributed by atoms with van der Waals surface area (Å²) in [7, 11) is 0. The van der Waals surface area contributed by atoms with Crippen molar-refractivity contribution < 1.29 is 0 Å². The van der Waals surface area contributed by atoms with Crippen molar-refractivity contribution in [1.82, 2.24) is 5.32 Å². The standard InChI is InChI=1S/C12H17N/c1-6-8-9-12(11(5)7-2)13-10(3)4/h6-9,13H,1-3H2,4-5H3/b9-8-,12-11+. The van der Waals surface area contributed by atoms with Gasteiger partial charge in [-0.25, -0.2) is 0 Å². The molecule has 0 saturated carbocycles. The first-order valence-corrected chi connectivity index (χ1v) is 4.16. The van der Waals surface area contributed by atoms with Crippen LogP contribution < -0.4 is 5.32 Å². The normalized spacial score (nSPS) is 12.2. The number of hydrogen-bond acceptors (Lipinski definition) is 1. The molecule has 0 unspecified atom stereocenters. The number of nitrogens with one attached hydrogen (secondary N) is 1. The van der Waals surface area contributed by atoms with Gasteiger partial charge in [-0.15, -0.1) is 0 Å². The molecule has 1 nitrogen and oxygen atoms in total. The zero-order valence-electron chi connectivity index (χ0n) is 8.43. The molecular weight excluding hydrogens is 158 g/mol. The van der Waals surface area contributed by atoms with Gasteiger partial charge in [0.1, 0.15) is 0 Å². The van der Waals surface area contributed by atoms with E-state index in [-0.39, 0.29) is 0 Å². The van der Waals surface area contributed by atoms with Crippen molar-refractivity contribution in [2.75, 3.05) is 0 Å². The van der Waals surface area contributed by atoms with E-state index in [1.165, 1.54) is 0 Å². The molecule has 0 atom stereocenters. The van der Waals surface area contributed by atoms with Gasteiger partial charge in [0.15, 0.2) is 0 Å². The third-order valence-electron chi connectivity index (χ3n) is 1.48. The maximum atomic E-state index is 3.78. The Morgan fingerprint density at radius 1 is 1.23 bits per heavy atom. The van der Waals surface area contributed by atoms with Crippen LogP contribution in [0, 0.1) is 0 Å². The van der Waals surface area contributed by atoms with Crippen LogP contribution in [0.2, 0.25) is 0 Å². The van der Waals surface area contributed by atoms with Gasteiger partial charge < -0.3 is 5.32 Å². The van der Waals surface area contributed by atoms with Crippen molar-refractivity contribution in [1.29, 1.82) is 0 Å². The third kappa shape index (κ3) is 4.86. The minimum atomic E-state index is 0.907. The lowest BCUT2D eigenvalue weighted by Crippen LogP contribution is -2.09. The van der Waals surface area contributed by atoms with Gasteiger partial charge in [-0.2, -0.15) is 0 Å². The van der Waals surface area contributed by atoms with E-state index in [2.05, 4.69) is 25.1 Å². The predicted molar refractivity (Wildman–Crippen MR) is 60.2 cm³/mol. The van der Waals surface area contributed by atoms with Crippen LogP contribution in [-0.4, -0.2) is 0 Å². The minimum Gasteiger partial charge on any atom is -0.360 e. The van der Waals surface area contributed by atoms with Crippen LogP contribution in [0.5, 0.6) is 0 Å². The van der Waals surface area contributed by atoms with Crippen molar-refractivity contribution in [3.8, 4) is 0 Å². The lowest BCUT2D eigenvalue weighted by atomic mass is 10.2. The summed E-state index contributed by atoms with van der Waals surface area (Å²) in [4.78, 5) is 0. The highest BCUT2D eigenvalue weighted by Gasteiger charge is 1.94. The maximum Gasteiger partial charge on any atom is 0.0411 e. The van der Waals surface area contributed by atoms with Crippen molar-refractivity contribution >= 4 is 0 Å². The summed E-state index contributed by atoms with van der Waals surface area (Å²) in [6.07, 6.45) is 7.35. The molecule has 0 fully saturated rings. The van der Waals surface area contributed by atoms with Gasteiger partial charge in [0.05, 0.1) is 0 Å². The lowest BCUT2D eigenvalue weighted by Gasteiger charge is -2.08. The van der Waals surface area contributed by atoms with Gasteiger partial charge in [-0.3, -0.25) is 0 Å². The summed E-state index contributed by atoms with van der Waals surface area (Å²) in [5.41, 5.74) is 2.99. The van der Waals surface area contributed by atoms with Crippen LogP contribution in [0.15, 0.2) is 61.0 Å². The van der Waals surface area contributed by atoms with E-state index in [1.807, 2.05) is 26.0 Å². The van der Waals surface area contributed by atoms with Gasteiger partial charge in [0.25, 0.3) is 0 Å². The summed E-state index contributed by atoms with van der Waals surface area (Å²) in [6, 6.07) is 0. The molecule has 0 aromatic rings. The van der Waals surface area contributed by atoms with E-state index in [1.54, 1.807) is 12.2 Å². The second kappa shape index (κ2) is 6.06. The molecule has 0 radical (unpaired) electrons. The van der Waals surface area contributed by atoms with E-state index in [0.29, 0.717) is 0 Å². The molecule has 1 heteroatoms. The van der Waals surface area contributed by atoms with Crippen LogP contribution >= 0.6 is 0 Å². The van der Waals surface area contributed by atoms with E-state index >= 15 is 0 Å². The topological polar surface area (TPSA) is 12.0 Å². The van der Waals surface area contributed by atoms with Crippen LogP contribution in [0.1, 0.15) is 13.8 Å². The molecule has 0 saturated heterocycles. The SMILES string of the molecule is C=C/C=C\C(NC(=C)C)=C(\C)C=C. The molecule has 0 heterocycles. The molecule has 0 aromatic carbocycles. The Bertz CT molecular complexity index is 267. The number of hydrogen-bond donors (Lipinski definition) is 1. The minimum absolute atomic E-state index is 0.907. The van der Waals surface area contributed by atoms with E-state index < -0.39 is 0 Å². The largest absolute Gasteiger partial charge is 0.360 e. The highest BCUT2D eigenvalue weighted by molar-refractivity contribution is 5.32. The highest BCUT2D eigenvalue weighted by Crippen LogP contribution is 2.05. The fraction of sp³-hybridized carbons (Fsp3) is 0.167. The zero-order valence-corrected chi connectivity index (χ0v) is 8.43. The third-order valence-corrected chi connectivity index (χ3v) is 1.48. The predicted octanol–water partition coefficient (Wildman–Crippen LogP) is 3.31. The molecule has 13 heavy (non-hydrogen) atoms. The van der Waals surface area contributed by atoms with Gasteiger partial charge in [-0.1, -0.05) is 38.0 Å². The Balaban J connectivity index is 4.74. The van der Waals surface area contributed by atoms with E-state index in [4.69, 9.17) is 0 Å². The maximum absolute atomic E-state index is 3.78. The van der Waals surface area contributed by atoms with Crippen molar-refractivity contribution in [3.63, 3.8) is 0 Å². The fourth-order valence-corrected chi connectivity index (χ4v) is 0.776. The molecule has 0 aliphatic rings. The number of rotatable bonds is 5. The van der Waals surface area contributed by atoms with Crippen LogP contribution in [-0.2, 0) is 0 Å². The Labute approximate surface area is 80.9 Å². The van der Waals surface area contributed by atoms with Crippen molar-refractivity contribution in [2.24, 2.45) is 0 Å². The van der Waals surface area contributed by atoms with Crippen LogP contribution in [0.4, 0.5) is 0 Å². The Hall–Kier alpha value is -1.50. The van der Waals surface area contributed by atoms with Gasteiger partial charge in [0.2, 0.25) is 0 Å². The first-order valence-electron chi connectivity index (χ1n) is 4.16. The summed E-state index contributed by atoms with van der Waals surface area (Å²) in [6.45, 7) is 15.0. The molecule has 0 amide bonds. The van der Waals surface area contributed by atoms with E-state index in [0.717, 1.165) is 17.0 Å². The first kappa shape index (κ1) is 11.5. The average Bonchev–Trinajstić information content (AvgIpc) is 2.10. The molecule has 0 aliphatic heterocycles. The Morgan fingerprint density at radius 3 is 2.23 bits per heavy atom. The van der Waals surface area contributed by atoms with Crippen molar-refractivity contribution in [3.05, 3.63) is 61.0 Å². The first-order chi connectivity index (χ1) is 6.11. The molecule has 0 aliphatic carbocycles. The molecule has 1 N–H and O–H groups in total. The van der Waals surface area contributed by atoms with E-state index in [9.17, 15) is 0 Å². The van der Waals surface area contributed by atoms with Crippen LogP contribution in [0.3, 0.4) is 0 Å². The van der Waals surface area contributed by atoms with Gasteiger partial charge in [0, 0.05) is 11.4 Å². The zero-order chi connectivity index (χ0) is 10.3. The second-order valence-corrected chi connectivity index (χ2v) is 2.80. The summed E-state index contributed by atoms with van der Waals surface area (Å²) >= 11 is 0. The van der Waals surface area contributed by atoms with Crippen molar-refractivity contribution in [2.45, 2.75) is 13.8 Å². The Kier molecular flexibility index (Phi) is 5.37. The molecule has 0 aromatic heterocycles. The van der Waals surface area contributed by atoms with Gasteiger partial charge >= 0.3 is 0 Å².